The van der Waals surface area contributed by atoms with Crippen molar-refractivity contribution in [3.05, 3.63) is 120 Å². The monoisotopic (exact) mass is 506 g/mol. The van der Waals surface area contributed by atoms with Gasteiger partial charge in [-0.2, -0.15) is 0 Å². The highest BCUT2D eigenvalue weighted by molar-refractivity contribution is 6.38. The molecule has 2 aromatic heterocycles. The summed E-state index contributed by atoms with van der Waals surface area (Å²) in [4.78, 5) is 4.80. The molecule has 5 aromatic carbocycles. The number of hydrogen-bond donors (Lipinski definition) is 0. The molecule has 0 fully saturated rings. The smallest absolute Gasteiger partial charge is 0.150 e. The lowest BCUT2D eigenvalue weighted by Gasteiger charge is -2.14. The predicted octanol–water partition coefficient (Wildman–Crippen LogP) is 9.19. The number of rotatable bonds is 3. The Hall–Kier alpha value is -4.48. The van der Waals surface area contributed by atoms with Crippen molar-refractivity contribution in [2.24, 2.45) is 0 Å². The number of hydrogen-bond acceptors (Lipinski definition) is 2. The van der Waals surface area contributed by atoms with Gasteiger partial charge in [0.2, 0.25) is 0 Å². The van der Waals surface area contributed by atoms with Crippen LogP contribution in [0.5, 0.6) is 0 Å². The molecule has 0 bridgehead atoms. The Morgan fingerprint density at radius 3 is 2.24 bits per heavy atom. The van der Waals surface area contributed by atoms with Gasteiger partial charge in [-0.05, 0) is 53.6 Å². The molecule has 0 aliphatic heterocycles. The van der Waals surface area contributed by atoms with Gasteiger partial charge in [0, 0.05) is 10.8 Å². The van der Waals surface area contributed by atoms with Crippen molar-refractivity contribution in [3.8, 4) is 28.2 Å². The van der Waals surface area contributed by atoms with Crippen molar-refractivity contribution in [1.29, 1.82) is 0 Å². The topological polar surface area (TPSA) is 31.0 Å². The summed E-state index contributed by atoms with van der Waals surface area (Å²) < 4.78 is 39.3. The van der Waals surface area contributed by atoms with Gasteiger partial charge in [-0.15, -0.1) is 0 Å². The number of fused-ring (bicyclic) bond motifs is 4. The zero-order chi connectivity index (χ0) is 25.1. The van der Waals surface area contributed by atoms with Gasteiger partial charge in [-0.1, -0.05) is 72.3 Å². The van der Waals surface area contributed by atoms with Crippen molar-refractivity contribution in [2.75, 3.05) is 0 Å². The highest BCUT2D eigenvalue weighted by atomic mass is 35.5. The van der Waals surface area contributed by atoms with E-state index in [-0.39, 0.29) is 5.69 Å². The lowest BCUT2D eigenvalue weighted by molar-refractivity contribution is 0.572. The summed E-state index contributed by atoms with van der Waals surface area (Å²) in [6, 6.07) is 30.3. The summed E-state index contributed by atoms with van der Waals surface area (Å²) in [5, 5.41) is 2.11. The summed E-state index contributed by atoms with van der Waals surface area (Å²) in [6.45, 7) is 0. The Bertz CT molecular complexity index is 1950. The SMILES string of the molecule is Fc1cc(-c2ccccc2)cc(F)c1-n1c(-c2ccc(Cl)c3c2oc2ccccc23)nc2ccccc21. The fraction of sp³-hybridized carbons (Fsp3) is 0. The van der Waals surface area contributed by atoms with Gasteiger partial charge >= 0.3 is 0 Å². The van der Waals surface area contributed by atoms with Crippen LogP contribution in [0.2, 0.25) is 5.02 Å². The van der Waals surface area contributed by atoms with E-state index in [1.807, 2.05) is 72.8 Å². The van der Waals surface area contributed by atoms with Gasteiger partial charge in [0.15, 0.2) is 11.6 Å². The van der Waals surface area contributed by atoms with Crippen LogP contribution in [0.25, 0.3) is 61.2 Å². The fourth-order valence-corrected chi connectivity index (χ4v) is 5.22. The maximum atomic E-state index is 15.8. The van der Waals surface area contributed by atoms with Crippen molar-refractivity contribution >= 4 is 44.6 Å². The van der Waals surface area contributed by atoms with Crippen molar-refractivity contribution in [2.45, 2.75) is 0 Å². The summed E-state index contributed by atoms with van der Waals surface area (Å²) in [5.74, 6) is -1.04. The molecule has 178 valence electrons. The molecule has 7 aromatic rings. The average molecular weight is 507 g/mol. The molecule has 0 saturated carbocycles. The Kier molecular flexibility index (Phi) is 4.88. The molecule has 37 heavy (non-hydrogen) atoms. The van der Waals surface area contributed by atoms with E-state index in [0.717, 1.165) is 16.3 Å². The number of benzene rings is 5. The van der Waals surface area contributed by atoms with Crippen molar-refractivity contribution < 1.29 is 13.2 Å². The third kappa shape index (κ3) is 3.35. The minimum absolute atomic E-state index is 0.206. The molecule has 0 aliphatic carbocycles. The number of furan rings is 1. The Morgan fingerprint density at radius 2 is 1.43 bits per heavy atom. The standard InChI is InChI=1S/C31H17ClF2N2O/c32-22-15-14-21(30-28(22)20-10-4-7-13-27(20)37-30)31-35-25-11-5-6-12-26(25)36(31)29-23(33)16-19(17-24(29)34)18-8-2-1-3-9-18/h1-17H. The fourth-order valence-electron chi connectivity index (χ4n) is 4.97. The van der Waals surface area contributed by atoms with Gasteiger partial charge in [-0.25, -0.2) is 13.8 Å². The lowest BCUT2D eigenvalue weighted by Crippen LogP contribution is -2.04. The van der Waals surface area contributed by atoms with Crippen molar-refractivity contribution in [3.63, 3.8) is 0 Å². The number of imidazole rings is 1. The zero-order valence-electron chi connectivity index (χ0n) is 19.3. The van der Waals surface area contributed by atoms with Crippen LogP contribution in [-0.2, 0) is 0 Å². The number of halogens is 3. The third-order valence-corrected chi connectivity index (χ3v) is 6.94. The third-order valence-electron chi connectivity index (χ3n) is 6.62. The molecule has 7 rings (SSSR count). The van der Waals surface area contributed by atoms with Crippen LogP contribution < -0.4 is 0 Å². The molecule has 0 amide bonds. The van der Waals surface area contributed by atoms with Gasteiger partial charge in [0.05, 0.1) is 21.6 Å². The largest absolute Gasteiger partial charge is 0.455 e. The van der Waals surface area contributed by atoms with E-state index in [4.69, 9.17) is 21.0 Å². The van der Waals surface area contributed by atoms with Gasteiger partial charge in [-0.3, -0.25) is 4.57 Å². The normalized spacial score (nSPS) is 11.6. The molecular weight excluding hydrogens is 490 g/mol. The highest BCUT2D eigenvalue weighted by Crippen LogP contribution is 2.41. The molecule has 0 saturated heterocycles. The van der Waals surface area contributed by atoms with Crippen LogP contribution in [0.4, 0.5) is 8.78 Å². The van der Waals surface area contributed by atoms with Gasteiger partial charge in [0.25, 0.3) is 0 Å². The molecule has 3 nitrogen and oxygen atoms in total. The van der Waals surface area contributed by atoms with E-state index >= 15 is 8.78 Å². The maximum absolute atomic E-state index is 15.8. The first kappa shape index (κ1) is 21.8. The maximum Gasteiger partial charge on any atom is 0.150 e. The number of nitrogens with zero attached hydrogens (tertiary/aromatic N) is 2. The summed E-state index contributed by atoms with van der Waals surface area (Å²) in [7, 11) is 0. The predicted molar refractivity (Wildman–Crippen MR) is 144 cm³/mol. The Morgan fingerprint density at radius 1 is 0.730 bits per heavy atom. The van der Waals surface area contributed by atoms with Crippen LogP contribution in [-0.4, -0.2) is 9.55 Å². The number of para-hydroxylation sites is 3. The highest BCUT2D eigenvalue weighted by Gasteiger charge is 2.24. The van der Waals surface area contributed by atoms with Crippen LogP contribution in [0.3, 0.4) is 0 Å². The van der Waals surface area contributed by atoms with Crippen molar-refractivity contribution in [1.82, 2.24) is 9.55 Å². The molecule has 2 heterocycles. The van der Waals surface area contributed by atoms with Gasteiger partial charge in [0.1, 0.15) is 22.7 Å². The second-order valence-corrected chi connectivity index (χ2v) is 9.22. The van der Waals surface area contributed by atoms with E-state index in [0.29, 0.717) is 44.2 Å². The Balaban J connectivity index is 1.54. The minimum atomic E-state index is -0.696. The zero-order valence-corrected chi connectivity index (χ0v) is 20.0. The second-order valence-electron chi connectivity index (χ2n) is 8.81. The van der Waals surface area contributed by atoms with E-state index in [2.05, 4.69) is 0 Å². The summed E-state index contributed by atoms with van der Waals surface area (Å²) in [5.41, 5.74) is 3.90. The van der Waals surface area contributed by atoms with Gasteiger partial charge < -0.3 is 4.42 Å². The first-order valence-corrected chi connectivity index (χ1v) is 12.1. The molecule has 0 unspecified atom stereocenters. The molecule has 0 aliphatic rings. The second kappa shape index (κ2) is 8.29. The van der Waals surface area contributed by atoms with E-state index in [9.17, 15) is 0 Å². The van der Waals surface area contributed by atoms with E-state index in [1.165, 1.54) is 16.7 Å². The minimum Gasteiger partial charge on any atom is -0.455 e. The first-order chi connectivity index (χ1) is 18.1. The van der Waals surface area contributed by atoms with Crippen LogP contribution >= 0.6 is 11.6 Å². The quantitative estimate of drug-likeness (QED) is 0.239. The average Bonchev–Trinajstić information content (AvgIpc) is 3.49. The van der Waals surface area contributed by atoms with Crippen LogP contribution in [0.15, 0.2) is 108 Å². The van der Waals surface area contributed by atoms with Crippen LogP contribution in [0, 0.1) is 11.6 Å². The molecule has 0 spiro atoms. The van der Waals surface area contributed by atoms with E-state index in [1.54, 1.807) is 18.2 Å². The molecule has 0 atom stereocenters. The molecule has 0 N–H and O–H groups in total. The summed E-state index contributed by atoms with van der Waals surface area (Å²) >= 11 is 6.59. The lowest BCUT2D eigenvalue weighted by atomic mass is 10.0. The van der Waals surface area contributed by atoms with Crippen LogP contribution in [0.1, 0.15) is 0 Å². The number of aromatic nitrogens is 2. The molecule has 0 radical (unpaired) electrons. The summed E-state index contributed by atoms with van der Waals surface area (Å²) in [6.07, 6.45) is 0. The van der Waals surface area contributed by atoms with E-state index < -0.39 is 11.6 Å². The molecular formula is C31H17ClF2N2O. The molecule has 6 heteroatoms. The first-order valence-electron chi connectivity index (χ1n) is 11.7. The Labute approximate surface area is 215 Å².